The van der Waals surface area contributed by atoms with Crippen molar-refractivity contribution in [2.24, 2.45) is 5.73 Å². The normalized spacial score (nSPS) is 18.3. The first-order chi connectivity index (χ1) is 9.00. The predicted octanol–water partition coefficient (Wildman–Crippen LogP) is 3.64. The van der Waals surface area contributed by atoms with E-state index in [4.69, 9.17) is 17.3 Å². The van der Waals surface area contributed by atoms with Gasteiger partial charge in [-0.05, 0) is 24.5 Å². The summed E-state index contributed by atoms with van der Waals surface area (Å²) in [4.78, 5) is 12.1. The average Bonchev–Trinajstić information content (AvgIpc) is 2.35. The van der Waals surface area contributed by atoms with Crippen LogP contribution in [0.5, 0.6) is 0 Å². The molecule has 0 radical (unpaired) electrons. The Morgan fingerprint density at radius 2 is 2.00 bits per heavy atom. The van der Waals surface area contributed by atoms with Crippen molar-refractivity contribution in [3.8, 4) is 0 Å². The summed E-state index contributed by atoms with van der Waals surface area (Å²) in [5, 5.41) is 0.0468. The second-order valence-electron chi connectivity index (χ2n) is 5.53. The summed E-state index contributed by atoms with van der Waals surface area (Å²) < 4.78 is 13.3. The summed E-state index contributed by atoms with van der Waals surface area (Å²) in [6, 6.07) is 4.55. The molecule has 2 rings (SSSR count). The number of nitrogens with two attached hydrogens (primary N) is 1. The highest BCUT2D eigenvalue weighted by Crippen LogP contribution is 2.29. The molecular weight excluding hydrogens is 265 g/mol. The van der Waals surface area contributed by atoms with Crippen molar-refractivity contribution in [3.05, 3.63) is 34.6 Å². The van der Waals surface area contributed by atoms with Crippen molar-refractivity contribution in [1.29, 1.82) is 0 Å². The van der Waals surface area contributed by atoms with Gasteiger partial charge in [0.2, 0.25) is 0 Å². The van der Waals surface area contributed by atoms with Crippen molar-refractivity contribution in [2.75, 3.05) is 0 Å². The number of ketones is 1. The summed E-state index contributed by atoms with van der Waals surface area (Å²) in [7, 11) is 0. The van der Waals surface area contributed by atoms with Crippen LogP contribution in [0.4, 0.5) is 4.39 Å². The Labute approximate surface area is 118 Å². The summed E-state index contributed by atoms with van der Waals surface area (Å²) in [6.45, 7) is 0. The fraction of sp³-hybridized carbons (Fsp3) is 0.533. The van der Waals surface area contributed by atoms with Crippen molar-refractivity contribution >= 4 is 17.4 Å². The SMILES string of the molecule is NC1(CC(=O)Cc2cccc(F)c2Cl)CCCCC1. The molecular formula is C15H19ClFNO. The number of benzene rings is 1. The zero-order valence-electron chi connectivity index (χ0n) is 10.9. The molecule has 104 valence electrons. The molecule has 1 aliphatic carbocycles. The van der Waals surface area contributed by atoms with E-state index in [1.54, 1.807) is 12.1 Å². The third kappa shape index (κ3) is 3.77. The van der Waals surface area contributed by atoms with Crippen LogP contribution in [0.3, 0.4) is 0 Å². The molecule has 0 aliphatic heterocycles. The van der Waals surface area contributed by atoms with E-state index in [9.17, 15) is 9.18 Å². The van der Waals surface area contributed by atoms with Gasteiger partial charge in [-0.1, -0.05) is 43.0 Å². The molecule has 0 amide bonds. The number of hydrogen-bond donors (Lipinski definition) is 1. The Hall–Kier alpha value is -0.930. The Kier molecular flexibility index (Phi) is 4.58. The molecule has 1 fully saturated rings. The highest BCUT2D eigenvalue weighted by Gasteiger charge is 2.30. The minimum absolute atomic E-state index is 0.0388. The van der Waals surface area contributed by atoms with Gasteiger partial charge in [-0.3, -0.25) is 4.79 Å². The minimum Gasteiger partial charge on any atom is -0.325 e. The van der Waals surface area contributed by atoms with Gasteiger partial charge in [-0.15, -0.1) is 0 Å². The fourth-order valence-electron chi connectivity index (χ4n) is 2.79. The number of rotatable bonds is 4. The zero-order valence-corrected chi connectivity index (χ0v) is 11.7. The Morgan fingerprint density at radius 1 is 1.32 bits per heavy atom. The van der Waals surface area contributed by atoms with Crippen molar-refractivity contribution in [1.82, 2.24) is 0 Å². The van der Waals surface area contributed by atoms with Gasteiger partial charge in [0.25, 0.3) is 0 Å². The summed E-state index contributed by atoms with van der Waals surface area (Å²) in [5.41, 5.74) is 6.44. The van der Waals surface area contributed by atoms with E-state index in [1.807, 2.05) is 0 Å². The zero-order chi connectivity index (χ0) is 13.9. The monoisotopic (exact) mass is 283 g/mol. The number of carbonyl (C=O) groups is 1. The number of halogens is 2. The first kappa shape index (κ1) is 14.5. The third-order valence-corrected chi connectivity index (χ3v) is 4.24. The van der Waals surface area contributed by atoms with Gasteiger partial charge in [-0.2, -0.15) is 0 Å². The van der Waals surface area contributed by atoms with Crippen LogP contribution in [-0.2, 0) is 11.2 Å². The molecule has 1 saturated carbocycles. The van der Waals surface area contributed by atoms with Gasteiger partial charge in [0, 0.05) is 18.4 Å². The lowest BCUT2D eigenvalue weighted by Gasteiger charge is -2.32. The molecule has 2 N–H and O–H groups in total. The van der Waals surface area contributed by atoms with E-state index in [2.05, 4.69) is 0 Å². The third-order valence-electron chi connectivity index (χ3n) is 3.82. The Balaban J connectivity index is 1.99. The number of hydrogen-bond acceptors (Lipinski definition) is 2. The van der Waals surface area contributed by atoms with E-state index in [-0.39, 0.29) is 22.8 Å². The second-order valence-corrected chi connectivity index (χ2v) is 5.91. The highest BCUT2D eigenvalue weighted by molar-refractivity contribution is 6.31. The smallest absolute Gasteiger partial charge is 0.142 e. The molecule has 0 bridgehead atoms. The van der Waals surface area contributed by atoms with E-state index in [1.165, 1.54) is 12.5 Å². The molecule has 2 nitrogen and oxygen atoms in total. The van der Waals surface area contributed by atoms with Crippen LogP contribution in [0, 0.1) is 5.82 Å². The molecule has 1 aromatic rings. The van der Waals surface area contributed by atoms with Crippen LogP contribution in [0.15, 0.2) is 18.2 Å². The van der Waals surface area contributed by atoms with Crippen LogP contribution < -0.4 is 5.73 Å². The lowest BCUT2D eigenvalue weighted by molar-refractivity contribution is -0.119. The molecule has 1 aromatic carbocycles. The summed E-state index contributed by atoms with van der Waals surface area (Å²) in [5.74, 6) is -0.441. The largest absolute Gasteiger partial charge is 0.325 e. The topological polar surface area (TPSA) is 43.1 Å². The second kappa shape index (κ2) is 6.02. The van der Waals surface area contributed by atoms with Crippen LogP contribution in [0.1, 0.15) is 44.1 Å². The maximum atomic E-state index is 13.3. The lowest BCUT2D eigenvalue weighted by Crippen LogP contribution is -2.43. The van der Waals surface area contributed by atoms with Crippen LogP contribution >= 0.6 is 11.6 Å². The van der Waals surface area contributed by atoms with Crippen LogP contribution in [0.2, 0.25) is 5.02 Å². The molecule has 0 saturated heterocycles. The number of carbonyl (C=O) groups excluding carboxylic acids is 1. The highest BCUT2D eigenvalue weighted by atomic mass is 35.5. The van der Waals surface area contributed by atoms with Crippen molar-refractivity contribution in [2.45, 2.75) is 50.5 Å². The molecule has 19 heavy (non-hydrogen) atoms. The summed E-state index contributed by atoms with van der Waals surface area (Å²) in [6.07, 6.45) is 5.69. The summed E-state index contributed by atoms with van der Waals surface area (Å²) >= 11 is 5.86. The van der Waals surface area contributed by atoms with Gasteiger partial charge in [0.15, 0.2) is 0 Å². The molecule has 0 aromatic heterocycles. The van der Waals surface area contributed by atoms with Crippen LogP contribution in [0.25, 0.3) is 0 Å². The van der Waals surface area contributed by atoms with Gasteiger partial charge in [0.1, 0.15) is 11.6 Å². The minimum atomic E-state index is -0.480. The maximum absolute atomic E-state index is 13.3. The van der Waals surface area contributed by atoms with Crippen molar-refractivity contribution in [3.63, 3.8) is 0 Å². The molecule has 4 heteroatoms. The van der Waals surface area contributed by atoms with Gasteiger partial charge >= 0.3 is 0 Å². The maximum Gasteiger partial charge on any atom is 0.142 e. The van der Waals surface area contributed by atoms with Crippen molar-refractivity contribution < 1.29 is 9.18 Å². The van der Waals surface area contributed by atoms with Gasteiger partial charge in [0.05, 0.1) is 5.02 Å². The number of Topliss-reactive ketones (excluding diaryl/α,β-unsaturated/α-hetero) is 1. The molecule has 0 spiro atoms. The predicted molar refractivity (Wildman–Crippen MR) is 74.7 cm³/mol. The molecule has 0 unspecified atom stereocenters. The van der Waals surface area contributed by atoms with E-state index < -0.39 is 5.82 Å². The Bertz CT molecular complexity index is 469. The van der Waals surface area contributed by atoms with E-state index >= 15 is 0 Å². The standard InChI is InChI=1S/C15H19ClFNO/c16-14-11(5-4-6-13(14)17)9-12(19)10-15(18)7-2-1-3-8-15/h4-6H,1-3,7-10,18H2. The first-order valence-electron chi connectivity index (χ1n) is 6.74. The van der Waals surface area contributed by atoms with Gasteiger partial charge in [-0.25, -0.2) is 4.39 Å². The van der Waals surface area contributed by atoms with E-state index in [0.29, 0.717) is 12.0 Å². The molecule has 1 aliphatic rings. The van der Waals surface area contributed by atoms with Gasteiger partial charge < -0.3 is 5.73 Å². The Morgan fingerprint density at radius 3 is 2.68 bits per heavy atom. The first-order valence-corrected chi connectivity index (χ1v) is 7.11. The van der Waals surface area contributed by atoms with E-state index in [0.717, 1.165) is 25.7 Å². The van der Waals surface area contributed by atoms with Crippen LogP contribution in [-0.4, -0.2) is 11.3 Å². The quantitative estimate of drug-likeness (QED) is 0.917. The lowest BCUT2D eigenvalue weighted by atomic mass is 9.78. The average molecular weight is 284 g/mol. The molecule has 0 heterocycles. The molecule has 0 atom stereocenters. The fourth-order valence-corrected chi connectivity index (χ4v) is 2.98.